The molecule has 1 unspecified atom stereocenters. The van der Waals surface area contributed by atoms with Crippen molar-refractivity contribution in [1.29, 1.82) is 0 Å². The highest BCUT2D eigenvalue weighted by Gasteiger charge is 2.24. The predicted octanol–water partition coefficient (Wildman–Crippen LogP) is 3.53. The summed E-state index contributed by atoms with van der Waals surface area (Å²) in [7, 11) is 2.01. The summed E-state index contributed by atoms with van der Waals surface area (Å²) in [4.78, 5) is 15.4. The van der Waals surface area contributed by atoms with Gasteiger partial charge in [-0.1, -0.05) is 25.1 Å². The van der Waals surface area contributed by atoms with Crippen LogP contribution >= 0.6 is 12.1 Å². The number of hydrogen-bond donors (Lipinski definition) is 2. The van der Waals surface area contributed by atoms with Crippen molar-refractivity contribution in [3.8, 4) is 17.0 Å². The Bertz CT molecular complexity index is 1190. The third kappa shape index (κ3) is 4.68. The summed E-state index contributed by atoms with van der Waals surface area (Å²) >= 11 is 1.36. The zero-order valence-electron chi connectivity index (χ0n) is 20.1. The van der Waals surface area contributed by atoms with Crippen LogP contribution in [0.15, 0.2) is 42.5 Å². The lowest BCUT2D eigenvalue weighted by molar-refractivity contribution is 0.0983. The van der Waals surface area contributed by atoms with E-state index in [9.17, 15) is 4.79 Å². The van der Waals surface area contributed by atoms with Crippen LogP contribution in [0.5, 0.6) is 5.75 Å². The molecule has 1 aromatic heterocycles. The molecule has 2 aliphatic heterocycles. The molecule has 0 aliphatic carbocycles. The predicted molar refractivity (Wildman–Crippen MR) is 139 cm³/mol. The number of carbonyl (C=O) groups excluding carboxylic acids is 1. The molecular weight excluding hydrogens is 446 g/mol. The molecule has 5 rings (SSSR count). The summed E-state index contributed by atoms with van der Waals surface area (Å²) in [5.41, 5.74) is 5.11. The molecule has 0 saturated heterocycles. The highest BCUT2D eigenvalue weighted by molar-refractivity contribution is 7.95. The molecular formula is C26H33N5O2S. The number of fused-ring (bicyclic) bond motifs is 4. The fourth-order valence-electron chi connectivity index (χ4n) is 4.80. The number of para-hydroxylation sites is 1. The van der Waals surface area contributed by atoms with Crippen LogP contribution in [0.4, 0.5) is 0 Å². The van der Waals surface area contributed by atoms with E-state index in [-0.39, 0.29) is 11.9 Å². The van der Waals surface area contributed by atoms with Gasteiger partial charge in [0, 0.05) is 66.9 Å². The lowest BCUT2D eigenvalue weighted by Gasteiger charge is -2.28. The summed E-state index contributed by atoms with van der Waals surface area (Å²) in [5, 5.41) is 4.88. The zero-order chi connectivity index (χ0) is 23.7. The Morgan fingerprint density at radius 3 is 2.88 bits per heavy atom. The van der Waals surface area contributed by atoms with E-state index in [1.54, 1.807) is 0 Å². The molecule has 7 nitrogen and oxygen atoms in total. The van der Waals surface area contributed by atoms with Crippen molar-refractivity contribution in [1.82, 2.24) is 23.8 Å². The van der Waals surface area contributed by atoms with Crippen molar-refractivity contribution in [3.05, 3.63) is 53.6 Å². The van der Waals surface area contributed by atoms with E-state index in [0.717, 1.165) is 72.7 Å². The summed E-state index contributed by atoms with van der Waals surface area (Å²) in [5.74, 6) is 0.869. The molecule has 1 amide bonds. The van der Waals surface area contributed by atoms with E-state index in [1.807, 2.05) is 19.2 Å². The van der Waals surface area contributed by atoms with Crippen LogP contribution in [0.25, 0.3) is 22.2 Å². The summed E-state index contributed by atoms with van der Waals surface area (Å²) < 4.78 is 13.8. The number of ether oxygens (including phenoxy) is 1. The van der Waals surface area contributed by atoms with Crippen LogP contribution in [0.1, 0.15) is 22.8 Å². The highest BCUT2D eigenvalue weighted by Crippen LogP contribution is 2.38. The van der Waals surface area contributed by atoms with Gasteiger partial charge in [0.25, 0.3) is 5.91 Å². The van der Waals surface area contributed by atoms with Crippen molar-refractivity contribution >= 4 is 28.9 Å². The minimum atomic E-state index is -0.0751. The molecule has 0 saturated carbocycles. The number of likely N-dealkylation sites (N-methyl/N-ethyl adjacent to an activating group) is 2. The van der Waals surface area contributed by atoms with Crippen LogP contribution in [0, 0.1) is 6.92 Å². The normalized spacial score (nSPS) is 20.6. The summed E-state index contributed by atoms with van der Waals surface area (Å²) in [6.45, 7) is 10.4. The SMILES string of the molecule is CCN1CCNC2COc3c(C)cccc3-c3cc4ccc(cc4n3C2)C(=O)NSN(C)CC1. The lowest BCUT2D eigenvalue weighted by Crippen LogP contribution is -2.44. The van der Waals surface area contributed by atoms with Gasteiger partial charge >= 0.3 is 0 Å². The number of carbonyl (C=O) groups is 1. The minimum Gasteiger partial charge on any atom is -0.491 e. The van der Waals surface area contributed by atoms with Gasteiger partial charge in [0.2, 0.25) is 0 Å². The van der Waals surface area contributed by atoms with E-state index in [4.69, 9.17) is 4.74 Å². The van der Waals surface area contributed by atoms with E-state index < -0.39 is 0 Å². The Hall–Kier alpha value is -2.52. The highest BCUT2D eigenvalue weighted by atomic mass is 32.2. The van der Waals surface area contributed by atoms with Crippen molar-refractivity contribution < 1.29 is 9.53 Å². The van der Waals surface area contributed by atoms with Crippen molar-refractivity contribution in [3.63, 3.8) is 0 Å². The smallest absolute Gasteiger partial charge is 0.262 e. The second kappa shape index (κ2) is 10.00. The number of benzene rings is 2. The van der Waals surface area contributed by atoms with Gasteiger partial charge in [-0.3, -0.25) is 9.52 Å². The summed E-state index contributed by atoms with van der Waals surface area (Å²) in [6, 6.07) is 14.7. The van der Waals surface area contributed by atoms with Gasteiger partial charge in [0.1, 0.15) is 12.4 Å². The maximum atomic E-state index is 13.0. The van der Waals surface area contributed by atoms with Gasteiger partial charge in [0.15, 0.2) is 0 Å². The monoisotopic (exact) mass is 479 g/mol. The van der Waals surface area contributed by atoms with Crippen LogP contribution in [0.2, 0.25) is 0 Å². The quantitative estimate of drug-likeness (QED) is 0.521. The van der Waals surface area contributed by atoms with Crippen LogP contribution in [-0.2, 0) is 6.54 Å². The Labute approximate surface area is 205 Å². The average Bonchev–Trinajstić information content (AvgIpc) is 3.18. The number of hydrogen-bond acceptors (Lipinski definition) is 6. The third-order valence-electron chi connectivity index (χ3n) is 6.82. The first-order valence-electron chi connectivity index (χ1n) is 12.0. The minimum absolute atomic E-state index is 0.0751. The van der Waals surface area contributed by atoms with Gasteiger partial charge in [-0.25, -0.2) is 4.31 Å². The molecule has 34 heavy (non-hydrogen) atoms. The number of aromatic nitrogens is 1. The van der Waals surface area contributed by atoms with E-state index >= 15 is 0 Å². The second-order valence-corrected chi connectivity index (χ2v) is 10.1. The zero-order valence-corrected chi connectivity index (χ0v) is 21.0. The van der Waals surface area contributed by atoms with Gasteiger partial charge in [-0.15, -0.1) is 0 Å². The number of nitrogens with one attached hydrogen (secondary N) is 2. The molecule has 0 spiro atoms. The fraction of sp³-hybridized carbons (Fsp3) is 0.423. The molecule has 0 fully saturated rings. The Morgan fingerprint density at radius 2 is 2.03 bits per heavy atom. The molecule has 3 heterocycles. The Morgan fingerprint density at radius 1 is 1.15 bits per heavy atom. The van der Waals surface area contributed by atoms with Crippen LogP contribution < -0.4 is 14.8 Å². The number of amides is 1. The Kier molecular flexibility index (Phi) is 6.83. The second-order valence-electron chi connectivity index (χ2n) is 9.14. The molecule has 1 atom stereocenters. The maximum absolute atomic E-state index is 13.0. The topological polar surface area (TPSA) is 61.8 Å². The molecule has 3 aromatic rings. The fourth-order valence-corrected chi connectivity index (χ4v) is 5.33. The van der Waals surface area contributed by atoms with Gasteiger partial charge in [-0.2, -0.15) is 0 Å². The molecule has 8 heteroatoms. The molecule has 2 N–H and O–H groups in total. The van der Waals surface area contributed by atoms with Gasteiger partial charge in [-0.05, 0) is 50.3 Å². The largest absolute Gasteiger partial charge is 0.491 e. The number of nitrogens with zero attached hydrogens (tertiary/aromatic N) is 3. The molecule has 2 aliphatic rings. The summed E-state index contributed by atoms with van der Waals surface area (Å²) in [6.07, 6.45) is 0. The molecule has 4 bridgehead atoms. The van der Waals surface area contributed by atoms with E-state index in [2.05, 4.69) is 68.0 Å². The number of aryl methyl sites for hydroxylation is 1. The third-order valence-corrected chi connectivity index (χ3v) is 7.59. The van der Waals surface area contributed by atoms with Crippen LogP contribution in [0.3, 0.4) is 0 Å². The number of rotatable bonds is 1. The first kappa shape index (κ1) is 23.2. The van der Waals surface area contributed by atoms with Gasteiger partial charge < -0.3 is 19.5 Å². The lowest BCUT2D eigenvalue weighted by atomic mass is 10.1. The first-order valence-corrected chi connectivity index (χ1v) is 12.8. The maximum Gasteiger partial charge on any atom is 0.262 e. The molecule has 0 radical (unpaired) electrons. The standard InChI is InChI=1S/C26H33N5O2S/c1-4-30-11-10-27-21-16-31-23-15-20(26(32)28-34-29(3)12-13-30)9-8-19(23)14-24(31)22-7-5-6-18(2)25(22)33-17-21/h5-9,14-15,21,27H,4,10-13,16-17H2,1-3H3,(H,28,32). The van der Waals surface area contributed by atoms with E-state index in [0.29, 0.717) is 12.2 Å². The van der Waals surface area contributed by atoms with Crippen molar-refractivity contribution in [2.24, 2.45) is 0 Å². The van der Waals surface area contributed by atoms with Gasteiger partial charge in [0.05, 0.1) is 11.7 Å². The van der Waals surface area contributed by atoms with E-state index in [1.165, 1.54) is 12.1 Å². The van der Waals surface area contributed by atoms with Crippen molar-refractivity contribution in [2.75, 3.05) is 46.4 Å². The first-order chi connectivity index (χ1) is 16.5. The van der Waals surface area contributed by atoms with Crippen molar-refractivity contribution in [2.45, 2.75) is 26.4 Å². The average molecular weight is 480 g/mol. The van der Waals surface area contributed by atoms with Crippen LogP contribution in [-0.4, -0.2) is 72.1 Å². The molecule has 2 aromatic carbocycles. The molecule has 180 valence electrons. The Balaban J connectivity index is 1.60.